The fourth-order valence-electron chi connectivity index (χ4n) is 2.88. The monoisotopic (exact) mass is 400 g/mol. The van der Waals surface area contributed by atoms with Crippen LogP contribution in [0.5, 0.6) is 5.75 Å². The maximum absolute atomic E-state index is 12.5. The fraction of sp³-hybridized carbons (Fsp3) is 0.529. The van der Waals surface area contributed by atoms with Gasteiger partial charge in [0.05, 0.1) is 4.92 Å². The highest BCUT2D eigenvalue weighted by molar-refractivity contribution is 5.85. The summed E-state index contributed by atoms with van der Waals surface area (Å²) in [7, 11) is 0. The van der Waals surface area contributed by atoms with Crippen LogP contribution in [0.3, 0.4) is 0 Å². The molecule has 1 saturated heterocycles. The first kappa shape index (κ1) is 22.7. The van der Waals surface area contributed by atoms with Crippen molar-refractivity contribution in [1.82, 2.24) is 10.2 Å². The summed E-state index contributed by atoms with van der Waals surface area (Å²) in [4.78, 5) is 35.9. The van der Waals surface area contributed by atoms with Gasteiger partial charge in [-0.15, -0.1) is 12.4 Å². The number of benzene rings is 1. The molecule has 1 unspecified atom stereocenters. The summed E-state index contributed by atoms with van der Waals surface area (Å²) in [5.41, 5.74) is 5.32. The zero-order chi connectivity index (χ0) is 18.9. The van der Waals surface area contributed by atoms with Crippen molar-refractivity contribution >= 4 is 29.9 Å². The number of non-ortho nitro benzene ring substituents is 1. The Labute approximate surface area is 163 Å². The normalized spacial score (nSPS) is 16.2. The third kappa shape index (κ3) is 7.03. The molecule has 1 aliphatic heterocycles. The number of halogens is 1. The smallest absolute Gasteiger partial charge is 0.269 e. The summed E-state index contributed by atoms with van der Waals surface area (Å²) in [5, 5.41) is 13.4. The predicted octanol–water partition coefficient (Wildman–Crippen LogP) is 1.24. The van der Waals surface area contributed by atoms with E-state index in [0.29, 0.717) is 25.4 Å². The number of carbonyl (C=O) groups excluding carboxylic acids is 2. The third-order valence-electron chi connectivity index (χ3n) is 4.26. The van der Waals surface area contributed by atoms with Gasteiger partial charge in [-0.05, 0) is 31.4 Å². The number of carbonyl (C=O) groups is 2. The summed E-state index contributed by atoms with van der Waals surface area (Å²) < 4.78 is 5.45. The number of hydrogen-bond donors (Lipinski definition) is 2. The maximum atomic E-state index is 12.5. The minimum absolute atomic E-state index is 0. The Morgan fingerprint density at radius 2 is 2.00 bits per heavy atom. The first-order valence-corrected chi connectivity index (χ1v) is 8.64. The SMILES string of the molecule is Cl.NCCC(=O)NCC1CCCCN1C(=O)COc1ccc([N+](=O)[O-])cc1. The molecule has 10 heteroatoms. The second-order valence-electron chi connectivity index (χ2n) is 6.12. The van der Waals surface area contributed by atoms with E-state index in [2.05, 4.69) is 5.32 Å². The van der Waals surface area contributed by atoms with Crippen LogP contribution in [0.1, 0.15) is 25.7 Å². The summed E-state index contributed by atoms with van der Waals surface area (Å²) in [6.07, 6.45) is 3.01. The number of rotatable bonds is 8. The molecule has 1 atom stereocenters. The number of nitrogens with zero attached hydrogens (tertiary/aromatic N) is 2. The average molecular weight is 401 g/mol. The van der Waals surface area contributed by atoms with Crippen molar-refractivity contribution in [3.63, 3.8) is 0 Å². The molecule has 3 N–H and O–H groups in total. The van der Waals surface area contributed by atoms with Gasteiger partial charge in [0.25, 0.3) is 11.6 Å². The summed E-state index contributed by atoms with van der Waals surface area (Å²) in [6, 6.07) is 5.53. The van der Waals surface area contributed by atoms with Gasteiger partial charge < -0.3 is 20.7 Å². The molecule has 1 aromatic rings. The van der Waals surface area contributed by atoms with Crippen LogP contribution in [0.4, 0.5) is 5.69 Å². The molecule has 0 aromatic heterocycles. The van der Waals surface area contributed by atoms with Crippen LogP contribution in [-0.4, -0.2) is 53.9 Å². The van der Waals surface area contributed by atoms with Crippen molar-refractivity contribution in [2.75, 3.05) is 26.2 Å². The van der Waals surface area contributed by atoms with E-state index in [-0.39, 0.29) is 49.0 Å². The number of piperidine rings is 1. The molecule has 1 aliphatic rings. The lowest BCUT2D eigenvalue weighted by molar-refractivity contribution is -0.384. The van der Waals surface area contributed by atoms with E-state index in [9.17, 15) is 19.7 Å². The van der Waals surface area contributed by atoms with Crippen molar-refractivity contribution in [3.8, 4) is 5.75 Å². The van der Waals surface area contributed by atoms with Gasteiger partial charge in [0.1, 0.15) is 5.75 Å². The van der Waals surface area contributed by atoms with E-state index in [4.69, 9.17) is 10.5 Å². The third-order valence-corrected chi connectivity index (χ3v) is 4.26. The van der Waals surface area contributed by atoms with E-state index in [0.717, 1.165) is 19.3 Å². The summed E-state index contributed by atoms with van der Waals surface area (Å²) >= 11 is 0. The van der Waals surface area contributed by atoms with Gasteiger partial charge in [-0.1, -0.05) is 0 Å². The Kier molecular flexibility index (Phi) is 9.52. The second kappa shape index (κ2) is 11.3. The molecule has 0 saturated carbocycles. The van der Waals surface area contributed by atoms with Gasteiger partial charge in [-0.25, -0.2) is 0 Å². The largest absolute Gasteiger partial charge is 0.484 e. The van der Waals surface area contributed by atoms with Crippen molar-refractivity contribution in [2.24, 2.45) is 5.73 Å². The molecular formula is C17H25ClN4O5. The molecule has 9 nitrogen and oxygen atoms in total. The number of amides is 2. The molecule has 1 heterocycles. The molecule has 0 bridgehead atoms. The van der Waals surface area contributed by atoms with E-state index in [1.165, 1.54) is 24.3 Å². The Morgan fingerprint density at radius 1 is 1.30 bits per heavy atom. The van der Waals surface area contributed by atoms with Crippen molar-refractivity contribution in [1.29, 1.82) is 0 Å². The lowest BCUT2D eigenvalue weighted by Crippen LogP contribution is -2.50. The first-order chi connectivity index (χ1) is 12.5. The number of nitrogens with one attached hydrogen (secondary N) is 1. The zero-order valence-electron chi connectivity index (χ0n) is 15.0. The van der Waals surface area contributed by atoms with E-state index in [1.807, 2.05) is 0 Å². The topological polar surface area (TPSA) is 128 Å². The molecule has 1 aromatic carbocycles. The van der Waals surface area contributed by atoms with Gasteiger partial charge in [-0.2, -0.15) is 0 Å². The summed E-state index contributed by atoms with van der Waals surface area (Å²) in [5.74, 6) is 0.113. The molecule has 150 valence electrons. The van der Waals surface area contributed by atoms with Crippen molar-refractivity contribution in [2.45, 2.75) is 31.7 Å². The van der Waals surface area contributed by atoms with Gasteiger partial charge in [0, 0.05) is 44.2 Å². The van der Waals surface area contributed by atoms with E-state index in [1.54, 1.807) is 4.90 Å². The summed E-state index contributed by atoms with van der Waals surface area (Å²) in [6.45, 7) is 1.18. The highest BCUT2D eigenvalue weighted by Crippen LogP contribution is 2.19. The quantitative estimate of drug-likeness (QED) is 0.499. The molecule has 27 heavy (non-hydrogen) atoms. The number of ether oxygens (including phenoxy) is 1. The van der Waals surface area contributed by atoms with Crippen LogP contribution < -0.4 is 15.8 Å². The minimum atomic E-state index is -0.494. The minimum Gasteiger partial charge on any atom is -0.484 e. The fourth-order valence-corrected chi connectivity index (χ4v) is 2.88. The zero-order valence-corrected chi connectivity index (χ0v) is 15.8. The Balaban J connectivity index is 0.00000364. The van der Waals surface area contributed by atoms with Crippen molar-refractivity contribution in [3.05, 3.63) is 34.4 Å². The molecule has 0 radical (unpaired) electrons. The van der Waals surface area contributed by atoms with E-state index >= 15 is 0 Å². The predicted molar refractivity (Wildman–Crippen MR) is 102 cm³/mol. The number of likely N-dealkylation sites (tertiary alicyclic amines) is 1. The average Bonchev–Trinajstić information content (AvgIpc) is 2.65. The molecule has 2 amide bonds. The molecule has 0 aliphatic carbocycles. The van der Waals surface area contributed by atoms with Crippen LogP contribution in [0, 0.1) is 10.1 Å². The van der Waals surface area contributed by atoms with Crippen LogP contribution in [0.2, 0.25) is 0 Å². The van der Waals surface area contributed by atoms with Gasteiger partial charge in [0.15, 0.2) is 6.61 Å². The number of nitrogens with two attached hydrogens (primary N) is 1. The highest BCUT2D eigenvalue weighted by atomic mass is 35.5. The lowest BCUT2D eigenvalue weighted by atomic mass is 10.0. The Morgan fingerprint density at radius 3 is 2.63 bits per heavy atom. The lowest BCUT2D eigenvalue weighted by Gasteiger charge is -2.35. The standard InChI is InChI=1S/C17H24N4O5.ClH/c18-9-8-16(22)19-11-14-3-1-2-10-20(14)17(23)12-26-15-6-4-13(5-7-15)21(24)25;/h4-7,14H,1-3,8-12,18H2,(H,19,22);1H. The number of hydrogen-bond acceptors (Lipinski definition) is 6. The van der Waals surface area contributed by atoms with Crippen LogP contribution in [-0.2, 0) is 9.59 Å². The highest BCUT2D eigenvalue weighted by Gasteiger charge is 2.27. The first-order valence-electron chi connectivity index (χ1n) is 8.64. The molecule has 1 fully saturated rings. The van der Waals surface area contributed by atoms with Gasteiger partial charge >= 0.3 is 0 Å². The maximum Gasteiger partial charge on any atom is 0.269 e. The van der Waals surface area contributed by atoms with E-state index < -0.39 is 4.92 Å². The van der Waals surface area contributed by atoms with Gasteiger partial charge in [0.2, 0.25) is 5.91 Å². The van der Waals surface area contributed by atoms with Crippen LogP contribution in [0.15, 0.2) is 24.3 Å². The molecule has 0 spiro atoms. The van der Waals surface area contributed by atoms with Crippen molar-refractivity contribution < 1.29 is 19.2 Å². The van der Waals surface area contributed by atoms with Gasteiger partial charge in [-0.3, -0.25) is 19.7 Å². The van der Waals surface area contributed by atoms with Crippen LogP contribution >= 0.6 is 12.4 Å². The van der Waals surface area contributed by atoms with Crippen LogP contribution in [0.25, 0.3) is 0 Å². The Bertz CT molecular complexity index is 641. The molecular weight excluding hydrogens is 376 g/mol. The molecule has 2 rings (SSSR count). The second-order valence-corrected chi connectivity index (χ2v) is 6.12. The number of nitro benzene ring substituents is 1. The number of nitro groups is 1. The Hall–Kier alpha value is -2.39.